The summed E-state index contributed by atoms with van der Waals surface area (Å²) >= 11 is 0. The molecule has 0 atom stereocenters. The number of hydrogen-bond donors (Lipinski definition) is 0. The van der Waals surface area contributed by atoms with Crippen LogP contribution < -0.4 is 0 Å². The Morgan fingerprint density at radius 2 is 1.73 bits per heavy atom. The lowest BCUT2D eigenvalue weighted by molar-refractivity contribution is 0.405. The molecule has 0 heteroatoms. The molecule has 0 aliphatic rings. The number of allylic oxidation sites excluding steroid dienone is 2. The van der Waals surface area contributed by atoms with Gasteiger partial charge in [0.25, 0.3) is 0 Å². The minimum atomic E-state index is 0.455. The van der Waals surface area contributed by atoms with Crippen molar-refractivity contribution < 1.29 is 0 Å². The lowest BCUT2D eigenvalue weighted by Crippen LogP contribution is -2.05. The summed E-state index contributed by atoms with van der Waals surface area (Å²) in [6.07, 6.45) is 6.01. The molecule has 0 aromatic rings. The van der Waals surface area contributed by atoms with Crippen LogP contribution in [0.25, 0.3) is 0 Å². The van der Waals surface area contributed by atoms with E-state index in [1.807, 2.05) is 0 Å². The van der Waals surface area contributed by atoms with Crippen LogP contribution in [0.2, 0.25) is 0 Å². The Morgan fingerprint density at radius 3 is 2.00 bits per heavy atom. The van der Waals surface area contributed by atoms with Gasteiger partial charge in [0.05, 0.1) is 0 Å². The summed E-state index contributed by atoms with van der Waals surface area (Å²) < 4.78 is 0. The molecule has 11 heavy (non-hydrogen) atoms. The van der Waals surface area contributed by atoms with Gasteiger partial charge < -0.3 is 0 Å². The molecule has 0 saturated heterocycles. The van der Waals surface area contributed by atoms with Gasteiger partial charge in [-0.1, -0.05) is 46.3 Å². The van der Waals surface area contributed by atoms with Crippen LogP contribution in [0.1, 0.15) is 53.9 Å². The van der Waals surface area contributed by atoms with E-state index < -0.39 is 0 Å². The van der Waals surface area contributed by atoms with E-state index in [4.69, 9.17) is 0 Å². The quantitative estimate of drug-likeness (QED) is 0.535. The first kappa shape index (κ1) is 10.7. The fraction of sp³-hybridized carbons (Fsp3) is 0.818. The molecule has 0 bridgehead atoms. The molecule has 0 unspecified atom stereocenters. The molecule has 66 valence electrons. The van der Waals surface area contributed by atoms with Gasteiger partial charge in [-0.05, 0) is 24.7 Å². The van der Waals surface area contributed by atoms with Gasteiger partial charge in [0.2, 0.25) is 0 Å². The summed E-state index contributed by atoms with van der Waals surface area (Å²) in [4.78, 5) is 0. The Morgan fingerprint density at radius 1 is 1.18 bits per heavy atom. The van der Waals surface area contributed by atoms with Gasteiger partial charge in [0.15, 0.2) is 0 Å². The minimum absolute atomic E-state index is 0.455. The van der Waals surface area contributed by atoms with Crippen LogP contribution in [-0.2, 0) is 0 Å². The van der Waals surface area contributed by atoms with E-state index in [0.717, 1.165) is 0 Å². The Bertz CT molecular complexity index is 123. The van der Waals surface area contributed by atoms with E-state index >= 15 is 0 Å². The van der Waals surface area contributed by atoms with Crippen molar-refractivity contribution in [3.05, 3.63) is 11.6 Å². The maximum absolute atomic E-state index is 2.37. The van der Waals surface area contributed by atoms with Crippen LogP contribution in [0.4, 0.5) is 0 Å². The average molecular weight is 154 g/mol. The standard InChI is InChI=1S/C11H22/c1-6-8-10(7-2)9-11(3,4)5/h8H,6-7,9H2,1-5H3. The minimum Gasteiger partial charge on any atom is -0.0856 e. The van der Waals surface area contributed by atoms with E-state index in [9.17, 15) is 0 Å². The monoisotopic (exact) mass is 154 g/mol. The summed E-state index contributed by atoms with van der Waals surface area (Å²) in [6.45, 7) is 11.3. The van der Waals surface area contributed by atoms with Crippen LogP contribution >= 0.6 is 0 Å². The second-order valence-corrected chi connectivity index (χ2v) is 4.36. The molecule has 0 rings (SSSR count). The zero-order valence-electron chi connectivity index (χ0n) is 8.70. The van der Waals surface area contributed by atoms with Crippen molar-refractivity contribution in [3.63, 3.8) is 0 Å². The normalized spacial score (nSPS) is 13.7. The first-order valence-electron chi connectivity index (χ1n) is 4.67. The molecule has 0 radical (unpaired) electrons. The van der Waals surface area contributed by atoms with Crippen LogP contribution in [0.3, 0.4) is 0 Å². The summed E-state index contributed by atoms with van der Waals surface area (Å²) in [5.41, 5.74) is 2.07. The Labute approximate surface area is 71.7 Å². The largest absolute Gasteiger partial charge is 0.0856 e. The predicted octanol–water partition coefficient (Wildman–Crippen LogP) is 4.17. The van der Waals surface area contributed by atoms with Crippen LogP contribution in [0.15, 0.2) is 11.6 Å². The lowest BCUT2D eigenvalue weighted by atomic mass is 9.87. The molecule has 0 heterocycles. The maximum Gasteiger partial charge on any atom is -0.0271 e. The van der Waals surface area contributed by atoms with Gasteiger partial charge in [-0.2, -0.15) is 0 Å². The molecule has 0 aliphatic heterocycles. The Hall–Kier alpha value is -0.260. The van der Waals surface area contributed by atoms with E-state index in [-0.39, 0.29) is 0 Å². The first-order chi connectivity index (χ1) is 4.99. The summed E-state index contributed by atoms with van der Waals surface area (Å²) in [5, 5.41) is 0. The van der Waals surface area contributed by atoms with Crippen molar-refractivity contribution in [3.8, 4) is 0 Å². The third-order valence-corrected chi connectivity index (χ3v) is 1.70. The SMILES string of the molecule is CCC=C(CC)CC(C)(C)C. The first-order valence-corrected chi connectivity index (χ1v) is 4.67. The lowest BCUT2D eigenvalue weighted by Gasteiger charge is -2.19. The third kappa shape index (κ3) is 6.15. The van der Waals surface area contributed by atoms with E-state index in [2.05, 4.69) is 40.7 Å². The van der Waals surface area contributed by atoms with Crippen molar-refractivity contribution in [1.82, 2.24) is 0 Å². The Balaban J connectivity index is 3.99. The zero-order chi connectivity index (χ0) is 8.91. The van der Waals surface area contributed by atoms with Gasteiger partial charge >= 0.3 is 0 Å². The highest BCUT2D eigenvalue weighted by Crippen LogP contribution is 2.25. The molecule has 0 nitrogen and oxygen atoms in total. The third-order valence-electron chi connectivity index (χ3n) is 1.70. The molecule has 0 fully saturated rings. The summed E-state index contributed by atoms with van der Waals surface area (Å²) in [6, 6.07) is 0. The molecule has 0 spiro atoms. The highest BCUT2D eigenvalue weighted by atomic mass is 14.2. The van der Waals surface area contributed by atoms with Crippen molar-refractivity contribution in [2.45, 2.75) is 53.9 Å². The molecule has 0 saturated carbocycles. The predicted molar refractivity (Wildman–Crippen MR) is 52.7 cm³/mol. The fourth-order valence-electron chi connectivity index (χ4n) is 1.31. The van der Waals surface area contributed by atoms with Gasteiger partial charge in [-0.15, -0.1) is 0 Å². The second kappa shape index (κ2) is 4.58. The molecule has 0 aliphatic carbocycles. The molecule has 0 amide bonds. The van der Waals surface area contributed by atoms with Crippen molar-refractivity contribution in [1.29, 1.82) is 0 Å². The fourth-order valence-corrected chi connectivity index (χ4v) is 1.31. The van der Waals surface area contributed by atoms with E-state index in [1.165, 1.54) is 19.3 Å². The van der Waals surface area contributed by atoms with E-state index in [0.29, 0.717) is 5.41 Å². The Kier molecular flexibility index (Phi) is 4.48. The summed E-state index contributed by atoms with van der Waals surface area (Å²) in [7, 11) is 0. The van der Waals surface area contributed by atoms with Gasteiger partial charge in [-0.25, -0.2) is 0 Å². The zero-order valence-corrected chi connectivity index (χ0v) is 8.70. The van der Waals surface area contributed by atoms with Crippen molar-refractivity contribution in [2.24, 2.45) is 5.41 Å². The topological polar surface area (TPSA) is 0 Å². The van der Waals surface area contributed by atoms with Gasteiger partial charge in [0.1, 0.15) is 0 Å². The number of rotatable bonds is 3. The van der Waals surface area contributed by atoms with Crippen LogP contribution in [0.5, 0.6) is 0 Å². The molecular weight excluding hydrogens is 132 g/mol. The molecule has 0 N–H and O–H groups in total. The van der Waals surface area contributed by atoms with Gasteiger partial charge in [-0.3, -0.25) is 0 Å². The van der Waals surface area contributed by atoms with Crippen LogP contribution in [0, 0.1) is 5.41 Å². The van der Waals surface area contributed by atoms with E-state index in [1.54, 1.807) is 5.57 Å². The van der Waals surface area contributed by atoms with Crippen molar-refractivity contribution >= 4 is 0 Å². The highest BCUT2D eigenvalue weighted by molar-refractivity contribution is 5.03. The van der Waals surface area contributed by atoms with Gasteiger partial charge in [0, 0.05) is 0 Å². The second-order valence-electron chi connectivity index (χ2n) is 4.36. The molecule has 0 aromatic carbocycles. The smallest absolute Gasteiger partial charge is 0.0271 e. The average Bonchev–Trinajstić information content (AvgIpc) is 1.84. The van der Waals surface area contributed by atoms with Crippen LogP contribution in [-0.4, -0.2) is 0 Å². The summed E-state index contributed by atoms with van der Waals surface area (Å²) in [5.74, 6) is 0. The molecular formula is C11H22. The number of hydrogen-bond acceptors (Lipinski definition) is 0. The molecule has 0 aromatic heterocycles. The maximum atomic E-state index is 2.37. The highest BCUT2D eigenvalue weighted by Gasteiger charge is 2.11. The van der Waals surface area contributed by atoms with Crippen molar-refractivity contribution in [2.75, 3.05) is 0 Å².